The van der Waals surface area contributed by atoms with Crippen LogP contribution < -0.4 is 0 Å². The van der Waals surface area contributed by atoms with E-state index in [4.69, 9.17) is 3.63 Å². The third kappa shape index (κ3) is 4.72. The van der Waals surface area contributed by atoms with Gasteiger partial charge < -0.3 is 0 Å². The Labute approximate surface area is 188 Å². The molecule has 0 saturated carbocycles. The Kier molecular flexibility index (Phi) is 6.79. The van der Waals surface area contributed by atoms with Crippen molar-refractivity contribution in [3.05, 3.63) is 89.5 Å². The molecule has 3 nitrogen and oxygen atoms in total. The monoisotopic (exact) mass is 482 g/mol. The van der Waals surface area contributed by atoms with Crippen LogP contribution in [0.5, 0.6) is 0 Å². The van der Waals surface area contributed by atoms with Gasteiger partial charge in [-0.1, -0.05) is 61.4 Å². The minimum Gasteiger partial charge on any atom is -0.200 e. The number of benzene rings is 3. The van der Waals surface area contributed by atoms with Crippen LogP contribution >= 0.6 is 10.3 Å². The van der Waals surface area contributed by atoms with Gasteiger partial charge in [0.2, 0.25) is 0 Å². The number of hydrogen-bond acceptors (Lipinski definition) is 3. The maximum Gasteiger partial charge on any atom is 0.524 e. The molecule has 0 spiro atoms. The molecule has 0 aliphatic rings. The molecule has 0 fully saturated rings. The highest BCUT2D eigenvalue weighted by atomic mass is 32.3. The van der Waals surface area contributed by atoms with Crippen LogP contribution in [-0.4, -0.2) is 13.9 Å². The fraction of sp³-hybridized carbons (Fsp3) is 0.250. The molecule has 0 aliphatic heterocycles. The summed E-state index contributed by atoms with van der Waals surface area (Å²) in [4.78, 5) is 1.08. The van der Waals surface area contributed by atoms with E-state index in [9.17, 15) is 21.6 Å². The number of aryl methyl sites for hydroxylation is 2. The largest absolute Gasteiger partial charge is 0.524 e. The summed E-state index contributed by atoms with van der Waals surface area (Å²) in [5, 5.41) is 0. The van der Waals surface area contributed by atoms with Gasteiger partial charge in [0, 0.05) is 14.7 Å². The summed E-state index contributed by atoms with van der Waals surface area (Å²) in [6.45, 7) is 7.69. The van der Waals surface area contributed by atoms with Crippen molar-refractivity contribution in [2.24, 2.45) is 0 Å². The zero-order valence-electron chi connectivity index (χ0n) is 18.2. The second kappa shape index (κ2) is 8.92. The summed E-state index contributed by atoms with van der Waals surface area (Å²) in [5.74, 6) is 0.201. The van der Waals surface area contributed by atoms with Crippen LogP contribution in [0.4, 0.5) is 13.2 Å². The van der Waals surface area contributed by atoms with Crippen molar-refractivity contribution in [3.8, 4) is 0 Å². The van der Waals surface area contributed by atoms with E-state index in [0.717, 1.165) is 16.7 Å². The van der Waals surface area contributed by atoms with Crippen molar-refractivity contribution in [3.63, 3.8) is 0 Å². The zero-order valence-corrected chi connectivity index (χ0v) is 19.8. The molecule has 0 bridgehead atoms. The topological polar surface area (TPSA) is 43.4 Å². The number of hydrogen-bond donors (Lipinski definition) is 0. The van der Waals surface area contributed by atoms with Crippen LogP contribution in [0.1, 0.15) is 36.5 Å². The van der Waals surface area contributed by atoms with Crippen LogP contribution in [0.3, 0.4) is 0 Å². The fourth-order valence-corrected chi connectivity index (χ4v) is 7.90. The molecule has 8 heteroatoms. The SMILES string of the molecule is Cc1ccc(S(OS(=O)(=O)C(F)(F)F)(c2ccc(C)cc2)c2ccc(C(C)C)cc2)cc1. The molecule has 0 radical (unpaired) electrons. The van der Waals surface area contributed by atoms with E-state index in [0.29, 0.717) is 14.7 Å². The lowest BCUT2D eigenvalue weighted by Gasteiger charge is -2.39. The molecule has 0 saturated heterocycles. The normalized spacial score (nSPS) is 13.4. The molecule has 0 N–H and O–H groups in total. The quantitative estimate of drug-likeness (QED) is 0.342. The van der Waals surface area contributed by atoms with Crippen molar-refractivity contribution in [2.45, 2.75) is 53.8 Å². The van der Waals surface area contributed by atoms with Gasteiger partial charge in [0.25, 0.3) is 0 Å². The number of rotatable bonds is 6. The van der Waals surface area contributed by atoms with Gasteiger partial charge >= 0.3 is 15.6 Å². The molecule has 0 atom stereocenters. The van der Waals surface area contributed by atoms with Gasteiger partial charge in [-0.05, 0) is 72.0 Å². The van der Waals surface area contributed by atoms with E-state index < -0.39 is 25.9 Å². The van der Waals surface area contributed by atoms with E-state index in [-0.39, 0.29) is 5.92 Å². The van der Waals surface area contributed by atoms with Crippen molar-refractivity contribution in [1.29, 1.82) is 0 Å². The molecule has 3 aromatic rings. The summed E-state index contributed by atoms with van der Waals surface area (Å²) in [7, 11) is -9.17. The van der Waals surface area contributed by atoms with Crippen molar-refractivity contribution in [1.82, 2.24) is 0 Å². The first-order valence-electron chi connectivity index (χ1n) is 9.96. The first-order chi connectivity index (χ1) is 14.9. The molecular formula is C24H25F3O3S2. The summed E-state index contributed by atoms with van der Waals surface area (Å²) in [6.07, 6.45) is 0. The van der Waals surface area contributed by atoms with Gasteiger partial charge in [-0.15, -0.1) is 0 Å². The third-order valence-electron chi connectivity index (χ3n) is 5.06. The van der Waals surface area contributed by atoms with Gasteiger partial charge in [-0.2, -0.15) is 25.2 Å². The van der Waals surface area contributed by atoms with Crippen molar-refractivity contribution >= 4 is 20.4 Å². The van der Waals surface area contributed by atoms with E-state index in [1.807, 2.05) is 27.7 Å². The van der Waals surface area contributed by atoms with Gasteiger partial charge in [0.1, 0.15) is 0 Å². The molecule has 0 aromatic heterocycles. The highest BCUT2D eigenvalue weighted by Gasteiger charge is 2.52. The minimum absolute atomic E-state index is 0.201. The lowest BCUT2D eigenvalue weighted by atomic mass is 10.0. The first-order valence-corrected chi connectivity index (χ1v) is 12.9. The third-order valence-corrected chi connectivity index (χ3v) is 9.97. The lowest BCUT2D eigenvalue weighted by Crippen LogP contribution is -2.27. The Balaban J connectivity index is 2.38. The van der Waals surface area contributed by atoms with Gasteiger partial charge in [-0.25, -0.2) is 0 Å². The molecule has 0 unspecified atom stereocenters. The van der Waals surface area contributed by atoms with Gasteiger partial charge in [0.05, 0.1) is 0 Å². The predicted molar refractivity (Wildman–Crippen MR) is 121 cm³/mol. The molecule has 172 valence electrons. The van der Waals surface area contributed by atoms with Crippen LogP contribution in [0.2, 0.25) is 0 Å². The molecule has 3 rings (SSSR count). The zero-order chi connectivity index (χ0) is 23.7. The molecular weight excluding hydrogens is 457 g/mol. The van der Waals surface area contributed by atoms with E-state index in [2.05, 4.69) is 0 Å². The Morgan fingerprint density at radius 2 is 1.03 bits per heavy atom. The van der Waals surface area contributed by atoms with Crippen LogP contribution in [-0.2, 0) is 13.7 Å². The molecule has 3 aromatic carbocycles. The summed E-state index contributed by atoms with van der Waals surface area (Å²) in [6, 6.07) is 20.4. The highest BCUT2D eigenvalue weighted by Crippen LogP contribution is 2.70. The molecule has 0 amide bonds. The predicted octanol–water partition coefficient (Wildman–Crippen LogP) is 7.49. The Hall–Kier alpha value is -2.29. The van der Waals surface area contributed by atoms with E-state index in [1.54, 1.807) is 72.8 Å². The summed E-state index contributed by atoms with van der Waals surface area (Å²) in [5.41, 5.74) is -2.80. The lowest BCUT2D eigenvalue weighted by molar-refractivity contribution is -0.0496. The summed E-state index contributed by atoms with van der Waals surface area (Å²) < 4.78 is 70.5. The van der Waals surface area contributed by atoms with E-state index in [1.165, 1.54) is 0 Å². The first kappa shape index (κ1) is 24.4. The molecule has 32 heavy (non-hydrogen) atoms. The Morgan fingerprint density at radius 1 is 0.688 bits per heavy atom. The second-order valence-corrected chi connectivity index (χ2v) is 12.3. The smallest absolute Gasteiger partial charge is 0.200 e. The van der Waals surface area contributed by atoms with Crippen LogP contribution in [0, 0.1) is 13.8 Å². The van der Waals surface area contributed by atoms with Crippen LogP contribution in [0.25, 0.3) is 0 Å². The summed E-state index contributed by atoms with van der Waals surface area (Å²) >= 11 is 0. The van der Waals surface area contributed by atoms with Crippen LogP contribution in [0.15, 0.2) is 87.5 Å². The Morgan fingerprint density at radius 3 is 1.34 bits per heavy atom. The second-order valence-electron chi connectivity index (χ2n) is 7.87. The van der Waals surface area contributed by atoms with Crippen molar-refractivity contribution < 1.29 is 25.2 Å². The standard InChI is InChI=1S/C24H25F3O3S2/c1-17(2)20-9-15-23(16-10-20)31(21-11-5-18(3)6-12-21,22-13-7-19(4)8-14-22)30-32(28,29)24(25,26)27/h5-17H,1-4H3. The fourth-order valence-electron chi connectivity index (χ4n) is 3.20. The minimum atomic E-state index is -5.91. The maximum absolute atomic E-state index is 13.5. The number of alkyl halides is 3. The van der Waals surface area contributed by atoms with Gasteiger partial charge in [-0.3, -0.25) is 0 Å². The number of halogens is 3. The van der Waals surface area contributed by atoms with Gasteiger partial charge in [0.15, 0.2) is 0 Å². The molecule has 0 aliphatic carbocycles. The van der Waals surface area contributed by atoms with E-state index >= 15 is 0 Å². The average molecular weight is 483 g/mol. The molecule has 0 heterocycles. The highest BCUT2D eigenvalue weighted by molar-refractivity contribution is 8.33. The van der Waals surface area contributed by atoms with Crippen molar-refractivity contribution in [2.75, 3.05) is 0 Å². The average Bonchev–Trinajstić information content (AvgIpc) is 2.72. The Bertz CT molecular complexity index is 1120. The maximum atomic E-state index is 13.5.